The van der Waals surface area contributed by atoms with Crippen molar-refractivity contribution in [1.29, 1.82) is 0 Å². The van der Waals surface area contributed by atoms with Gasteiger partial charge >= 0.3 is 5.97 Å². The Morgan fingerprint density at radius 1 is 1.31 bits per heavy atom. The Hall–Kier alpha value is -1.66. The molecule has 2 aliphatic heterocycles. The van der Waals surface area contributed by atoms with E-state index in [1.165, 1.54) is 12.5 Å². The van der Waals surface area contributed by atoms with E-state index in [0.717, 1.165) is 38.7 Å². The lowest BCUT2D eigenvalue weighted by Crippen LogP contribution is -2.60. The van der Waals surface area contributed by atoms with Gasteiger partial charge in [-0.3, -0.25) is 4.79 Å². The van der Waals surface area contributed by atoms with Crippen molar-refractivity contribution in [2.45, 2.75) is 65.0 Å². The number of cyclic esters (lactones) is 1. The van der Waals surface area contributed by atoms with Gasteiger partial charge in [-0.2, -0.15) is 0 Å². The lowest BCUT2D eigenvalue weighted by molar-refractivity contribution is -0.259. The van der Waals surface area contributed by atoms with E-state index in [0.29, 0.717) is 24.2 Å². The predicted molar refractivity (Wildman–Crippen MR) is 108 cm³/mol. The van der Waals surface area contributed by atoms with Crippen molar-refractivity contribution in [2.24, 2.45) is 22.7 Å². The molecule has 4 rings (SSSR count). The molecule has 2 heterocycles. The van der Waals surface area contributed by atoms with Gasteiger partial charge in [0, 0.05) is 12.3 Å². The Bertz CT molecular complexity index is 746. The van der Waals surface area contributed by atoms with Crippen LogP contribution in [0.5, 0.6) is 0 Å². The standard InChI is InChI=1S/C23H33NO5/c1-14-5-8-19-22(3,10-9-20-23(19,4)12-27-13-29-20)17(14)7-6-16-18(24-15(2)25)11-28-21(16)26/h6,17-20H,1,5,7-13H2,2-4H3,(H,24,25)/b16-6+/t17-,18+,19+,20-,22+,23+/m1/s1. The predicted octanol–water partition coefficient (Wildman–Crippen LogP) is 3.13. The van der Waals surface area contributed by atoms with Crippen LogP contribution in [0.4, 0.5) is 0 Å². The number of ether oxygens (including phenoxy) is 3. The molecular weight excluding hydrogens is 370 g/mol. The average Bonchev–Trinajstić information content (AvgIpc) is 2.99. The summed E-state index contributed by atoms with van der Waals surface area (Å²) in [7, 11) is 0. The van der Waals surface area contributed by atoms with Crippen LogP contribution >= 0.6 is 0 Å². The van der Waals surface area contributed by atoms with Gasteiger partial charge in [-0.15, -0.1) is 0 Å². The number of amides is 1. The Morgan fingerprint density at radius 2 is 2.10 bits per heavy atom. The third-order valence-electron chi connectivity index (χ3n) is 8.02. The van der Waals surface area contributed by atoms with Crippen molar-refractivity contribution < 1.29 is 23.8 Å². The zero-order valence-electron chi connectivity index (χ0n) is 17.8. The Kier molecular flexibility index (Phi) is 5.36. The second-order valence-electron chi connectivity index (χ2n) is 9.72. The van der Waals surface area contributed by atoms with Crippen LogP contribution in [-0.2, 0) is 23.8 Å². The van der Waals surface area contributed by atoms with Gasteiger partial charge in [-0.25, -0.2) is 4.79 Å². The first kappa shape index (κ1) is 20.6. The summed E-state index contributed by atoms with van der Waals surface area (Å²) < 4.78 is 16.9. The molecule has 6 nitrogen and oxygen atoms in total. The second kappa shape index (κ2) is 7.55. The molecule has 6 heteroatoms. The number of hydrogen-bond donors (Lipinski definition) is 1. The Balaban J connectivity index is 1.59. The number of hydrogen-bond acceptors (Lipinski definition) is 5. The van der Waals surface area contributed by atoms with E-state index < -0.39 is 0 Å². The highest BCUT2D eigenvalue weighted by atomic mass is 16.7. The summed E-state index contributed by atoms with van der Waals surface area (Å²) in [5.74, 6) is 0.304. The molecule has 1 amide bonds. The Morgan fingerprint density at radius 3 is 2.86 bits per heavy atom. The van der Waals surface area contributed by atoms with Crippen molar-refractivity contribution in [3.05, 3.63) is 23.8 Å². The fourth-order valence-electron chi connectivity index (χ4n) is 6.58. The van der Waals surface area contributed by atoms with Crippen LogP contribution in [-0.4, -0.2) is 44.0 Å². The zero-order valence-corrected chi connectivity index (χ0v) is 17.8. The van der Waals surface area contributed by atoms with E-state index in [9.17, 15) is 9.59 Å². The van der Waals surface area contributed by atoms with E-state index in [1.807, 2.05) is 6.08 Å². The molecule has 0 unspecified atom stereocenters. The largest absolute Gasteiger partial charge is 0.460 e. The van der Waals surface area contributed by atoms with Gasteiger partial charge in [0.15, 0.2) is 0 Å². The van der Waals surface area contributed by atoms with E-state index in [2.05, 4.69) is 25.7 Å². The summed E-state index contributed by atoms with van der Waals surface area (Å²) >= 11 is 0. The highest BCUT2D eigenvalue weighted by Gasteiger charge is 2.59. The van der Waals surface area contributed by atoms with E-state index in [4.69, 9.17) is 14.2 Å². The van der Waals surface area contributed by atoms with Gasteiger partial charge in [0.2, 0.25) is 5.91 Å². The first-order valence-corrected chi connectivity index (χ1v) is 10.8. The molecule has 160 valence electrons. The molecular formula is C23H33NO5. The first-order chi connectivity index (χ1) is 13.8. The summed E-state index contributed by atoms with van der Waals surface area (Å²) in [6.07, 6.45) is 7.22. The van der Waals surface area contributed by atoms with Crippen molar-refractivity contribution in [2.75, 3.05) is 20.0 Å². The molecule has 0 aromatic heterocycles. The highest BCUT2D eigenvalue weighted by Crippen LogP contribution is 2.62. The number of fused-ring (bicyclic) bond motifs is 3. The summed E-state index contributed by atoms with van der Waals surface area (Å²) in [6, 6.07) is -0.353. The molecule has 2 saturated carbocycles. The Labute approximate surface area is 173 Å². The van der Waals surface area contributed by atoms with Gasteiger partial charge in [-0.05, 0) is 49.4 Å². The number of nitrogens with one attached hydrogen (secondary N) is 1. The van der Waals surface area contributed by atoms with Crippen LogP contribution in [0.1, 0.15) is 52.9 Å². The summed E-state index contributed by atoms with van der Waals surface area (Å²) in [5, 5.41) is 2.82. The molecule has 0 spiro atoms. The second-order valence-corrected chi connectivity index (χ2v) is 9.72. The zero-order chi connectivity index (χ0) is 20.8. The summed E-state index contributed by atoms with van der Waals surface area (Å²) in [5.41, 5.74) is 1.95. The molecule has 4 aliphatic rings. The minimum Gasteiger partial charge on any atom is -0.460 e. The SMILES string of the molecule is C=C1CC[C@@H]2[C@]3(C)COCO[C@@H]3CC[C@@]2(C)[C@@H]1C/C=C1/C(=O)OC[C@@H]1NC(C)=O. The monoisotopic (exact) mass is 403 g/mol. The molecule has 1 N–H and O–H groups in total. The molecule has 0 aromatic carbocycles. The van der Waals surface area contributed by atoms with Crippen molar-refractivity contribution in [1.82, 2.24) is 5.32 Å². The number of allylic oxidation sites excluding steroid dienone is 2. The fourth-order valence-corrected chi connectivity index (χ4v) is 6.58. The lowest BCUT2D eigenvalue weighted by Gasteiger charge is -2.61. The quantitative estimate of drug-likeness (QED) is 0.445. The maximum atomic E-state index is 12.2. The summed E-state index contributed by atoms with van der Waals surface area (Å²) in [4.78, 5) is 23.7. The third-order valence-corrected chi connectivity index (χ3v) is 8.02. The van der Waals surface area contributed by atoms with Gasteiger partial charge in [0.05, 0.1) is 24.3 Å². The molecule has 0 aromatic rings. The molecule has 4 fully saturated rings. The smallest absolute Gasteiger partial charge is 0.336 e. The van der Waals surface area contributed by atoms with Crippen LogP contribution in [0.15, 0.2) is 23.8 Å². The fraction of sp³-hybridized carbons (Fsp3) is 0.739. The van der Waals surface area contributed by atoms with E-state index in [1.54, 1.807) is 0 Å². The first-order valence-electron chi connectivity index (χ1n) is 10.8. The van der Waals surface area contributed by atoms with Crippen molar-refractivity contribution in [3.63, 3.8) is 0 Å². The van der Waals surface area contributed by atoms with Gasteiger partial charge in [-0.1, -0.05) is 32.1 Å². The van der Waals surface area contributed by atoms with Crippen molar-refractivity contribution in [3.8, 4) is 0 Å². The molecule has 2 aliphatic carbocycles. The molecule has 2 saturated heterocycles. The lowest BCUT2D eigenvalue weighted by atomic mass is 9.46. The minimum absolute atomic E-state index is 0.0162. The average molecular weight is 404 g/mol. The van der Waals surface area contributed by atoms with E-state index >= 15 is 0 Å². The topological polar surface area (TPSA) is 73.9 Å². The maximum absolute atomic E-state index is 12.2. The highest BCUT2D eigenvalue weighted by molar-refractivity contribution is 5.93. The number of rotatable bonds is 3. The number of esters is 1. The van der Waals surface area contributed by atoms with Crippen LogP contribution in [0.2, 0.25) is 0 Å². The van der Waals surface area contributed by atoms with Gasteiger partial charge in [0.1, 0.15) is 13.4 Å². The van der Waals surface area contributed by atoms with Crippen LogP contribution in [0.3, 0.4) is 0 Å². The van der Waals surface area contributed by atoms with Crippen LogP contribution in [0.25, 0.3) is 0 Å². The molecule has 0 radical (unpaired) electrons. The number of carbonyl (C=O) groups excluding carboxylic acids is 2. The third kappa shape index (κ3) is 3.44. The van der Waals surface area contributed by atoms with Gasteiger partial charge < -0.3 is 19.5 Å². The van der Waals surface area contributed by atoms with Crippen molar-refractivity contribution >= 4 is 11.9 Å². The van der Waals surface area contributed by atoms with E-state index in [-0.39, 0.29) is 41.5 Å². The maximum Gasteiger partial charge on any atom is 0.336 e. The van der Waals surface area contributed by atoms with Crippen LogP contribution in [0, 0.1) is 22.7 Å². The van der Waals surface area contributed by atoms with Crippen LogP contribution < -0.4 is 5.32 Å². The summed E-state index contributed by atoms with van der Waals surface area (Å²) in [6.45, 7) is 11.9. The van der Waals surface area contributed by atoms with Gasteiger partial charge in [0.25, 0.3) is 0 Å². The normalized spacial score (nSPS) is 43.5. The molecule has 6 atom stereocenters. The number of carbonyl (C=O) groups is 2. The molecule has 29 heavy (non-hydrogen) atoms. The minimum atomic E-state index is -0.353. The molecule has 0 bridgehead atoms.